The molecule has 0 bridgehead atoms. The van der Waals surface area contributed by atoms with Crippen molar-refractivity contribution < 1.29 is 9.18 Å². The fraction of sp³-hybridized carbons (Fsp3) is 0.267. The van der Waals surface area contributed by atoms with Crippen molar-refractivity contribution in [2.45, 2.75) is 13.0 Å². The van der Waals surface area contributed by atoms with Crippen LogP contribution in [-0.4, -0.2) is 24.4 Å². The van der Waals surface area contributed by atoms with Crippen LogP contribution in [0.3, 0.4) is 0 Å². The number of thiophene rings is 1. The zero-order chi connectivity index (χ0) is 15.4. The lowest BCUT2D eigenvalue weighted by Crippen LogP contribution is -2.32. The van der Waals surface area contributed by atoms with Gasteiger partial charge in [-0.2, -0.15) is 0 Å². The van der Waals surface area contributed by atoms with E-state index in [-0.39, 0.29) is 24.2 Å². The Morgan fingerprint density at radius 2 is 2.24 bits per heavy atom. The minimum Gasteiger partial charge on any atom is -0.397 e. The molecule has 1 unspecified atom stereocenters. The number of rotatable bonds is 5. The van der Waals surface area contributed by atoms with Crippen LogP contribution < -0.4 is 11.1 Å². The summed E-state index contributed by atoms with van der Waals surface area (Å²) in [6.07, 6.45) is 0. The van der Waals surface area contributed by atoms with Crippen LogP contribution in [0.4, 0.5) is 15.8 Å². The minimum atomic E-state index is -0.422. The highest BCUT2D eigenvalue weighted by Crippen LogP contribution is 2.23. The van der Waals surface area contributed by atoms with Gasteiger partial charge >= 0.3 is 0 Å². The molecule has 0 saturated carbocycles. The SMILES string of the molecule is CC(c1cccs1)N(C)CC(=O)Nc1ccc(F)cc1N. The first kappa shape index (κ1) is 15.5. The van der Waals surface area contributed by atoms with Crippen LogP contribution in [0, 0.1) is 5.82 Å². The van der Waals surface area contributed by atoms with E-state index in [2.05, 4.69) is 5.32 Å². The molecule has 112 valence electrons. The molecule has 1 amide bonds. The van der Waals surface area contributed by atoms with Crippen molar-refractivity contribution in [2.24, 2.45) is 0 Å². The molecule has 1 aromatic heterocycles. The molecule has 0 spiro atoms. The second-order valence-electron chi connectivity index (χ2n) is 4.89. The fourth-order valence-corrected chi connectivity index (χ4v) is 2.80. The number of nitrogens with one attached hydrogen (secondary N) is 1. The Balaban J connectivity index is 1.95. The van der Waals surface area contributed by atoms with Crippen LogP contribution >= 0.6 is 11.3 Å². The van der Waals surface area contributed by atoms with Crippen molar-refractivity contribution in [3.8, 4) is 0 Å². The van der Waals surface area contributed by atoms with Crippen molar-refractivity contribution >= 4 is 28.6 Å². The summed E-state index contributed by atoms with van der Waals surface area (Å²) in [7, 11) is 1.89. The number of nitrogens with zero attached hydrogens (tertiary/aromatic N) is 1. The predicted octanol–water partition coefficient (Wildman–Crippen LogP) is 3.10. The maximum atomic E-state index is 13.0. The second kappa shape index (κ2) is 6.69. The number of anilines is 2. The molecular formula is C15H18FN3OS. The summed E-state index contributed by atoms with van der Waals surface area (Å²) in [5.74, 6) is -0.604. The maximum Gasteiger partial charge on any atom is 0.238 e. The smallest absolute Gasteiger partial charge is 0.238 e. The molecule has 0 aliphatic rings. The summed E-state index contributed by atoms with van der Waals surface area (Å²) in [5.41, 5.74) is 6.32. The van der Waals surface area contributed by atoms with Crippen LogP contribution in [0.15, 0.2) is 35.7 Å². The molecule has 1 atom stereocenters. The molecular weight excluding hydrogens is 289 g/mol. The molecule has 21 heavy (non-hydrogen) atoms. The lowest BCUT2D eigenvalue weighted by molar-refractivity contribution is -0.117. The van der Waals surface area contributed by atoms with E-state index in [1.54, 1.807) is 11.3 Å². The zero-order valence-electron chi connectivity index (χ0n) is 12.0. The van der Waals surface area contributed by atoms with Crippen LogP contribution in [0.2, 0.25) is 0 Å². The van der Waals surface area contributed by atoms with Crippen molar-refractivity contribution in [3.05, 3.63) is 46.4 Å². The number of carbonyl (C=O) groups excluding carboxylic acids is 1. The van der Waals surface area contributed by atoms with E-state index in [1.165, 1.54) is 23.1 Å². The second-order valence-corrected chi connectivity index (χ2v) is 5.87. The fourth-order valence-electron chi connectivity index (χ4n) is 1.95. The Morgan fingerprint density at radius 1 is 1.48 bits per heavy atom. The van der Waals surface area contributed by atoms with Gasteiger partial charge in [-0.05, 0) is 43.6 Å². The number of hydrogen-bond acceptors (Lipinski definition) is 4. The standard InChI is InChI=1S/C15H18FN3OS/c1-10(14-4-3-7-21-14)19(2)9-15(20)18-13-6-5-11(16)8-12(13)17/h3-8,10H,9,17H2,1-2H3,(H,18,20). The predicted molar refractivity (Wildman–Crippen MR) is 84.8 cm³/mol. The number of nitrogen functional groups attached to an aromatic ring is 1. The molecule has 0 radical (unpaired) electrons. The van der Waals surface area contributed by atoms with Crippen LogP contribution in [0.25, 0.3) is 0 Å². The van der Waals surface area contributed by atoms with E-state index >= 15 is 0 Å². The van der Waals surface area contributed by atoms with Gasteiger partial charge in [0.1, 0.15) is 5.82 Å². The zero-order valence-corrected chi connectivity index (χ0v) is 12.8. The van der Waals surface area contributed by atoms with E-state index < -0.39 is 5.82 Å². The van der Waals surface area contributed by atoms with E-state index in [9.17, 15) is 9.18 Å². The highest BCUT2D eigenvalue weighted by atomic mass is 32.1. The highest BCUT2D eigenvalue weighted by Gasteiger charge is 2.16. The third-order valence-electron chi connectivity index (χ3n) is 3.30. The lowest BCUT2D eigenvalue weighted by Gasteiger charge is -2.23. The van der Waals surface area contributed by atoms with Gasteiger partial charge in [-0.25, -0.2) is 4.39 Å². The highest BCUT2D eigenvalue weighted by molar-refractivity contribution is 7.10. The first-order valence-electron chi connectivity index (χ1n) is 6.56. The van der Waals surface area contributed by atoms with Crippen LogP contribution in [0.5, 0.6) is 0 Å². The van der Waals surface area contributed by atoms with E-state index in [0.29, 0.717) is 5.69 Å². The van der Waals surface area contributed by atoms with E-state index in [0.717, 1.165) is 0 Å². The molecule has 4 nitrogen and oxygen atoms in total. The molecule has 0 fully saturated rings. The minimum absolute atomic E-state index is 0.154. The van der Waals surface area contributed by atoms with Gasteiger partial charge < -0.3 is 11.1 Å². The number of likely N-dealkylation sites (N-methyl/N-ethyl adjacent to an activating group) is 1. The maximum absolute atomic E-state index is 13.0. The molecule has 0 aliphatic heterocycles. The molecule has 0 aliphatic carbocycles. The van der Waals surface area contributed by atoms with Crippen molar-refractivity contribution in [1.82, 2.24) is 4.90 Å². The van der Waals surface area contributed by atoms with Gasteiger partial charge in [0.05, 0.1) is 17.9 Å². The molecule has 1 heterocycles. The number of hydrogen-bond donors (Lipinski definition) is 2. The monoisotopic (exact) mass is 307 g/mol. The van der Waals surface area contributed by atoms with Gasteiger partial charge in [0.2, 0.25) is 5.91 Å². The number of carbonyl (C=O) groups is 1. The Bertz CT molecular complexity index is 615. The molecule has 1 aromatic carbocycles. The number of nitrogens with two attached hydrogens (primary N) is 1. The van der Waals surface area contributed by atoms with Crippen molar-refractivity contribution in [3.63, 3.8) is 0 Å². The number of amides is 1. The molecule has 6 heteroatoms. The lowest BCUT2D eigenvalue weighted by atomic mass is 10.2. The summed E-state index contributed by atoms with van der Waals surface area (Å²) in [6.45, 7) is 2.28. The quantitative estimate of drug-likeness (QED) is 0.835. The average molecular weight is 307 g/mol. The Kier molecular flexibility index (Phi) is 4.93. The molecule has 2 rings (SSSR count). The number of halogens is 1. The third kappa shape index (κ3) is 4.03. The first-order valence-corrected chi connectivity index (χ1v) is 7.44. The first-order chi connectivity index (χ1) is 9.97. The summed E-state index contributed by atoms with van der Waals surface area (Å²) >= 11 is 1.66. The van der Waals surface area contributed by atoms with Gasteiger partial charge in [0.15, 0.2) is 0 Å². The van der Waals surface area contributed by atoms with Crippen LogP contribution in [-0.2, 0) is 4.79 Å². The summed E-state index contributed by atoms with van der Waals surface area (Å²) < 4.78 is 13.0. The Morgan fingerprint density at radius 3 is 2.86 bits per heavy atom. The Labute approximate surface area is 127 Å². The molecule has 2 aromatic rings. The van der Waals surface area contributed by atoms with Gasteiger partial charge in [0, 0.05) is 10.9 Å². The van der Waals surface area contributed by atoms with Gasteiger partial charge in [-0.15, -0.1) is 11.3 Å². The average Bonchev–Trinajstić information content (AvgIpc) is 2.95. The van der Waals surface area contributed by atoms with Gasteiger partial charge in [-0.1, -0.05) is 6.07 Å². The van der Waals surface area contributed by atoms with E-state index in [1.807, 2.05) is 36.4 Å². The third-order valence-corrected chi connectivity index (χ3v) is 4.34. The van der Waals surface area contributed by atoms with E-state index in [4.69, 9.17) is 5.73 Å². The largest absolute Gasteiger partial charge is 0.397 e. The Hall–Kier alpha value is -1.92. The van der Waals surface area contributed by atoms with Crippen LogP contribution in [0.1, 0.15) is 17.8 Å². The van der Waals surface area contributed by atoms with Gasteiger partial charge in [-0.3, -0.25) is 9.69 Å². The molecule has 0 saturated heterocycles. The van der Waals surface area contributed by atoms with Crippen molar-refractivity contribution in [1.29, 1.82) is 0 Å². The topological polar surface area (TPSA) is 58.4 Å². The normalized spacial score (nSPS) is 12.4. The summed E-state index contributed by atoms with van der Waals surface area (Å²) in [5, 5.41) is 4.71. The summed E-state index contributed by atoms with van der Waals surface area (Å²) in [6, 6.07) is 8.11. The summed E-state index contributed by atoms with van der Waals surface area (Å²) in [4.78, 5) is 15.2. The van der Waals surface area contributed by atoms with Gasteiger partial charge in [0.25, 0.3) is 0 Å². The molecule has 3 N–H and O–H groups in total. The van der Waals surface area contributed by atoms with Crippen molar-refractivity contribution in [2.75, 3.05) is 24.6 Å². The number of benzene rings is 1.